The van der Waals surface area contributed by atoms with Gasteiger partial charge in [0.25, 0.3) is 5.91 Å². The first kappa shape index (κ1) is 15.0. The van der Waals surface area contributed by atoms with E-state index >= 15 is 0 Å². The molecule has 1 amide bonds. The number of rotatable bonds is 7. The van der Waals surface area contributed by atoms with E-state index in [1.165, 1.54) is 0 Å². The van der Waals surface area contributed by atoms with Crippen molar-refractivity contribution < 1.29 is 14.7 Å². The summed E-state index contributed by atoms with van der Waals surface area (Å²) in [7, 11) is 3.35. The molecule has 0 unspecified atom stereocenters. The summed E-state index contributed by atoms with van der Waals surface area (Å²) in [6.07, 6.45) is 3.50. The van der Waals surface area contributed by atoms with E-state index in [2.05, 4.69) is 10.1 Å². The first-order valence-corrected chi connectivity index (χ1v) is 5.81. The number of carbonyl (C=O) groups is 1. The Balaban J connectivity index is 2.69. The molecule has 0 saturated heterocycles. The first-order valence-electron chi connectivity index (χ1n) is 5.81. The van der Waals surface area contributed by atoms with E-state index in [1.54, 1.807) is 36.1 Å². The lowest BCUT2D eigenvalue weighted by atomic mass is 10.3. The minimum atomic E-state index is -0.205. The summed E-state index contributed by atoms with van der Waals surface area (Å²) in [5.41, 5.74) is 5.76. The Bertz CT molecular complexity index is 443. The number of carbonyl (C=O) groups excluding carboxylic acids is 1. The second kappa shape index (κ2) is 7.37. The van der Waals surface area contributed by atoms with E-state index < -0.39 is 0 Å². The normalized spacial score (nSPS) is 11.6. The molecule has 0 aliphatic rings. The molecule has 19 heavy (non-hydrogen) atoms. The zero-order chi connectivity index (χ0) is 14.3. The molecule has 0 fully saturated rings. The number of oxime groups is 1. The van der Waals surface area contributed by atoms with Gasteiger partial charge in [-0.3, -0.25) is 4.79 Å². The third-order valence-corrected chi connectivity index (χ3v) is 2.54. The summed E-state index contributed by atoms with van der Waals surface area (Å²) < 4.78 is 6.67. The van der Waals surface area contributed by atoms with Gasteiger partial charge in [-0.25, -0.2) is 4.98 Å². The standard InChI is InChI=1S/C11H19N5O3/c1-15-7-9(13-8-15)11(17)16(5-6-19-2)4-3-10(12)14-18/h7-8,18H,3-6H2,1-2H3,(H2,12,14). The maximum atomic E-state index is 12.2. The van der Waals surface area contributed by atoms with Crippen molar-refractivity contribution in [3.05, 3.63) is 18.2 Å². The average molecular weight is 269 g/mol. The van der Waals surface area contributed by atoms with Gasteiger partial charge in [-0.15, -0.1) is 0 Å². The molecular weight excluding hydrogens is 250 g/mol. The summed E-state index contributed by atoms with van der Waals surface area (Å²) >= 11 is 0. The highest BCUT2D eigenvalue weighted by molar-refractivity contribution is 5.92. The molecule has 106 valence electrons. The maximum absolute atomic E-state index is 12.2. The SMILES string of the molecule is COCCN(CCC(N)=NO)C(=O)c1cn(C)cn1. The Morgan fingerprint density at radius 1 is 1.63 bits per heavy atom. The predicted octanol–water partition coefficient (Wildman–Crippen LogP) is -0.355. The fourth-order valence-electron chi connectivity index (χ4n) is 1.50. The van der Waals surface area contributed by atoms with Crippen LogP contribution in [0, 0.1) is 0 Å². The molecule has 0 spiro atoms. The van der Waals surface area contributed by atoms with Crippen LogP contribution in [0.25, 0.3) is 0 Å². The van der Waals surface area contributed by atoms with Crippen molar-refractivity contribution >= 4 is 11.7 Å². The van der Waals surface area contributed by atoms with E-state index in [9.17, 15) is 4.79 Å². The Labute approximate surface area is 111 Å². The zero-order valence-electron chi connectivity index (χ0n) is 11.1. The minimum absolute atomic E-state index is 0.0798. The van der Waals surface area contributed by atoms with Crippen molar-refractivity contribution in [2.45, 2.75) is 6.42 Å². The Morgan fingerprint density at radius 2 is 2.37 bits per heavy atom. The number of amidine groups is 1. The molecule has 8 heteroatoms. The minimum Gasteiger partial charge on any atom is -0.409 e. The van der Waals surface area contributed by atoms with E-state index in [0.29, 0.717) is 31.8 Å². The second-order valence-corrected chi connectivity index (χ2v) is 4.05. The van der Waals surface area contributed by atoms with Crippen LogP contribution in [-0.4, -0.2) is 58.2 Å². The molecular formula is C11H19N5O3. The number of nitrogens with zero attached hydrogens (tertiary/aromatic N) is 4. The predicted molar refractivity (Wildman–Crippen MR) is 69.0 cm³/mol. The van der Waals surface area contributed by atoms with Gasteiger partial charge in [0.05, 0.1) is 12.9 Å². The molecule has 0 aliphatic carbocycles. The Kier molecular flexibility index (Phi) is 5.80. The summed E-state index contributed by atoms with van der Waals surface area (Å²) in [5.74, 6) is -0.125. The van der Waals surface area contributed by atoms with Crippen LogP contribution in [-0.2, 0) is 11.8 Å². The lowest BCUT2D eigenvalue weighted by Gasteiger charge is -2.21. The number of imidazole rings is 1. The third kappa shape index (κ3) is 4.59. The van der Waals surface area contributed by atoms with Crippen LogP contribution in [0.5, 0.6) is 0 Å². The monoisotopic (exact) mass is 269 g/mol. The molecule has 8 nitrogen and oxygen atoms in total. The van der Waals surface area contributed by atoms with Crippen molar-refractivity contribution in [2.75, 3.05) is 26.8 Å². The highest BCUT2D eigenvalue weighted by atomic mass is 16.5. The van der Waals surface area contributed by atoms with Gasteiger partial charge in [-0.2, -0.15) is 0 Å². The van der Waals surface area contributed by atoms with Crippen molar-refractivity contribution in [2.24, 2.45) is 17.9 Å². The largest absolute Gasteiger partial charge is 0.409 e. The van der Waals surface area contributed by atoms with Crippen LogP contribution >= 0.6 is 0 Å². The van der Waals surface area contributed by atoms with Crippen molar-refractivity contribution in [3.63, 3.8) is 0 Å². The molecule has 0 radical (unpaired) electrons. The maximum Gasteiger partial charge on any atom is 0.274 e. The lowest BCUT2D eigenvalue weighted by molar-refractivity contribution is 0.0695. The highest BCUT2D eigenvalue weighted by Crippen LogP contribution is 2.03. The lowest BCUT2D eigenvalue weighted by Crippen LogP contribution is -2.36. The molecule has 0 atom stereocenters. The van der Waals surface area contributed by atoms with Crippen molar-refractivity contribution in [1.29, 1.82) is 0 Å². The molecule has 0 aromatic carbocycles. The molecule has 3 N–H and O–H groups in total. The van der Waals surface area contributed by atoms with Gasteiger partial charge in [0.2, 0.25) is 0 Å². The number of nitrogens with two attached hydrogens (primary N) is 1. The Hall–Kier alpha value is -2.09. The van der Waals surface area contributed by atoms with Gasteiger partial charge in [0, 0.05) is 39.9 Å². The van der Waals surface area contributed by atoms with Crippen molar-refractivity contribution in [1.82, 2.24) is 14.5 Å². The number of aryl methyl sites for hydroxylation is 1. The summed E-state index contributed by atoms with van der Waals surface area (Å²) in [6, 6.07) is 0. The fraction of sp³-hybridized carbons (Fsp3) is 0.545. The number of hydrogen-bond donors (Lipinski definition) is 2. The fourth-order valence-corrected chi connectivity index (χ4v) is 1.50. The van der Waals surface area contributed by atoms with Crippen LogP contribution in [0.15, 0.2) is 17.7 Å². The van der Waals surface area contributed by atoms with Crippen LogP contribution in [0.4, 0.5) is 0 Å². The summed E-state index contributed by atoms with van der Waals surface area (Å²) in [6.45, 7) is 1.17. The van der Waals surface area contributed by atoms with E-state index in [4.69, 9.17) is 15.7 Å². The van der Waals surface area contributed by atoms with E-state index in [1.807, 2.05) is 0 Å². The third-order valence-electron chi connectivity index (χ3n) is 2.54. The molecule has 1 aromatic rings. The summed E-state index contributed by atoms with van der Waals surface area (Å²) in [4.78, 5) is 17.8. The number of ether oxygens (including phenoxy) is 1. The van der Waals surface area contributed by atoms with Crippen LogP contribution in [0.3, 0.4) is 0 Å². The quantitative estimate of drug-likeness (QED) is 0.304. The molecule has 0 aliphatic heterocycles. The van der Waals surface area contributed by atoms with E-state index in [-0.39, 0.29) is 11.7 Å². The first-order chi connectivity index (χ1) is 9.08. The smallest absolute Gasteiger partial charge is 0.274 e. The van der Waals surface area contributed by atoms with Gasteiger partial charge in [-0.1, -0.05) is 5.16 Å². The molecule has 1 rings (SSSR count). The molecule has 0 saturated carbocycles. The molecule has 1 aromatic heterocycles. The Morgan fingerprint density at radius 3 is 2.89 bits per heavy atom. The number of aromatic nitrogens is 2. The molecule has 1 heterocycles. The average Bonchev–Trinajstić information content (AvgIpc) is 2.84. The van der Waals surface area contributed by atoms with Gasteiger partial charge >= 0.3 is 0 Å². The summed E-state index contributed by atoms with van der Waals surface area (Å²) in [5, 5.41) is 11.4. The number of amides is 1. The van der Waals surface area contributed by atoms with E-state index in [0.717, 1.165) is 0 Å². The molecule has 0 bridgehead atoms. The second-order valence-electron chi connectivity index (χ2n) is 4.05. The van der Waals surface area contributed by atoms with Gasteiger partial charge < -0.3 is 25.1 Å². The van der Waals surface area contributed by atoms with Gasteiger partial charge in [-0.05, 0) is 0 Å². The van der Waals surface area contributed by atoms with Gasteiger partial charge in [0.1, 0.15) is 11.5 Å². The van der Waals surface area contributed by atoms with Gasteiger partial charge in [0.15, 0.2) is 0 Å². The van der Waals surface area contributed by atoms with Crippen LogP contribution < -0.4 is 5.73 Å². The van der Waals surface area contributed by atoms with Crippen LogP contribution in [0.1, 0.15) is 16.9 Å². The highest BCUT2D eigenvalue weighted by Gasteiger charge is 2.17. The van der Waals surface area contributed by atoms with Crippen LogP contribution in [0.2, 0.25) is 0 Å². The number of hydrogen-bond acceptors (Lipinski definition) is 5. The topological polar surface area (TPSA) is 106 Å². The van der Waals surface area contributed by atoms with Crippen molar-refractivity contribution in [3.8, 4) is 0 Å². The number of methoxy groups -OCH3 is 1. The zero-order valence-corrected chi connectivity index (χ0v) is 11.1.